The number of carbonyl (C=O) groups excluding carboxylic acids is 1. The Morgan fingerprint density at radius 3 is 2.15 bits per heavy atom. The summed E-state index contributed by atoms with van der Waals surface area (Å²) >= 11 is 0. The SMILES string of the molecule is N#CCCN(CCC#N)C(=O)CCc1ccc(F)cc1. The second-order valence-electron chi connectivity index (χ2n) is 4.32. The maximum absolute atomic E-state index is 12.8. The number of hydrogen-bond acceptors (Lipinski definition) is 3. The van der Waals surface area contributed by atoms with Crippen LogP contribution in [0, 0.1) is 28.5 Å². The van der Waals surface area contributed by atoms with Gasteiger partial charge in [0.05, 0.1) is 25.0 Å². The topological polar surface area (TPSA) is 67.9 Å². The lowest BCUT2D eigenvalue weighted by Crippen LogP contribution is -2.32. The quantitative estimate of drug-likeness (QED) is 0.766. The molecule has 5 heteroatoms. The third kappa shape index (κ3) is 5.49. The van der Waals surface area contributed by atoms with Gasteiger partial charge in [0.25, 0.3) is 0 Å². The predicted molar refractivity (Wildman–Crippen MR) is 71.8 cm³/mol. The van der Waals surface area contributed by atoms with E-state index in [1.807, 2.05) is 12.1 Å². The van der Waals surface area contributed by atoms with Crippen molar-refractivity contribution in [3.05, 3.63) is 35.6 Å². The summed E-state index contributed by atoms with van der Waals surface area (Å²) in [5, 5.41) is 17.1. The molecule has 0 saturated carbocycles. The van der Waals surface area contributed by atoms with Crippen LogP contribution >= 0.6 is 0 Å². The number of aryl methyl sites for hydroxylation is 1. The van der Waals surface area contributed by atoms with Gasteiger partial charge >= 0.3 is 0 Å². The van der Waals surface area contributed by atoms with Crippen molar-refractivity contribution in [3.63, 3.8) is 0 Å². The van der Waals surface area contributed by atoms with Gasteiger partial charge in [0.15, 0.2) is 0 Å². The molecule has 0 unspecified atom stereocenters. The second-order valence-corrected chi connectivity index (χ2v) is 4.32. The highest BCUT2D eigenvalue weighted by Crippen LogP contribution is 2.07. The first-order valence-corrected chi connectivity index (χ1v) is 6.43. The standard InChI is InChI=1S/C15H16FN3O/c16-14-6-3-13(4-7-14)5-8-15(20)19(11-1-9-17)12-2-10-18/h3-4,6-7H,1-2,5,8,11-12H2. The van der Waals surface area contributed by atoms with E-state index < -0.39 is 0 Å². The van der Waals surface area contributed by atoms with Crippen LogP contribution in [0.3, 0.4) is 0 Å². The highest BCUT2D eigenvalue weighted by atomic mass is 19.1. The van der Waals surface area contributed by atoms with E-state index in [1.165, 1.54) is 17.0 Å². The van der Waals surface area contributed by atoms with E-state index in [9.17, 15) is 9.18 Å². The fourth-order valence-corrected chi connectivity index (χ4v) is 1.79. The Hall–Kier alpha value is -2.40. The van der Waals surface area contributed by atoms with Crippen molar-refractivity contribution >= 4 is 5.91 Å². The molecule has 1 rings (SSSR count). The van der Waals surface area contributed by atoms with E-state index in [1.54, 1.807) is 12.1 Å². The number of nitrogens with zero attached hydrogens (tertiary/aromatic N) is 3. The lowest BCUT2D eigenvalue weighted by atomic mass is 10.1. The molecule has 0 aliphatic carbocycles. The molecule has 20 heavy (non-hydrogen) atoms. The zero-order chi connectivity index (χ0) is 14.8. The molecule has 0 saturated heterocycles. The summed E-state index contributed by atoms with van der Waals surface area (Å²) < 4.78 is 12.8. The molecular weight excluding hydrogens is 257 g/mol. The van der Waals surface area contributed by atoms with E-state index in [0.717, 1.165) is 5.56 Å². The van der Waals surface area contributed by atoms with Gasteiger partial charge in [-0.05, 0) is 24.1 Å². The molecule has 0 heterocycles. The third-order valence-corrected chi connectivity index (χ3v) is 2.88. The minimum Gasteiger partial charge on any atom is -0.341 e. The highest BCUT2D eigenvalue weighted by Gasteiger charge is 2.12. The number of benzene rings is 1. The van der Waals surface area contributed by atoms with Gasteiger partial charge in [-0.25, -0.2) is 4.39 Å². The summed E-state index contributed by atoms with van der Waals surface area (Å²) in [5.74, 6) is -0.385. The molecule has 0 bridgehead atoms. The van der Waals surface area contributed by atoms with Gasteiger partial charge in [-0.1, -0.05) is 12.1 Å². The van der Waals surface area contributed by atoms with Crippen LogP contribution < -0.4 is 0 Å². The third-order valence-electron chi connectivity index (χ3n) is 2.88. The van der Waals surface area contributed by atoms with E-state index in [0.29, 0.717) is 25.9 Å². The Labute approximate surface area is 118 Å². The Bertz CT molecular complexity index is 495. The summed E-state index contributed by atoms with van der Waals surface area (Å²) in [4.78, 5) is 13.6. The Kier molecular flexibility index (Phi) is 6.78. The van der Waals surface area contributed by atoms with Gasteiger partial charge in [-0.2, -0.15) is 10.5 Å². The van der Waals surface area contributed by atoms with E-state index in [-0.39, 0.29) is 24.6 Å². The fourth-order valence-electron chi connectivity index (χ4n) is 1.79. The van der Waals surface area contributed by atoms with Crippen molar-refractivity contribution in [2.45, 2.75) is 25.7 Å². The molecule has 104 valence electrons. The molecule has 0 aliphatic heterocycles. The molecule has 0 N–H and O–H groups in total. The zero-order valence-electron chi connectivity index (χ0n) is 11.2. The number of nitriles is 2. The zero-order valence-corrected chi connectivity index (χ0v) is 11.2. The molecule has 0 aliphatic rings. The van der Waals surface area contributed by atoms with Crippen LogP contribution in [0.2, 0.25) is 0 Å². The van der Waals surface area contributed by atoms with Crippen LogP contribution in [0.15, 0.2) is 24.3 Å². The first kappa shape index (κ1) is 15.7. The minimum absolute atomic E-state index is 0.0835. The Balaban J connectivity index is 2.50. The van der Waals surface area contributed by atoms with Gasteiger partial charge in [0.1, 0.15) is 5.82 Å². The van der Waals surface area contributed by atoms with Crippen LogP contribution in [-0.2, 0) is 11.2 Å². The number of hydrogen-bond donors (Lipinski definition) is 0. The number of halogens is 1. The number of amides is 1. The van der Waals surface area contributed by atoms with E-state index >= 15 is 0 Å². The van der Waals surface area contributed by atoms with E-state index in [4.69, 9.17) is 10.5 Å². The maximum atomic E-state index is 12.8. The average molecular weight is 273 g/mol. The normalized spacial score (nSPS) is 9.55. The Morgan fingerprint density at radius 1 is 1.10 bits per heavy atom. The van der Waals surface area contributed by atoms with Gasteiger partial charge in [-0.3, -0.25) is 4.79 Å². The molecule has 0 fully saturated rings. The first-order chi connectivity index (χ1) is 9.67. The summed E-state index contributed by atoms with van der Waals surface area (Å²) in [6.07, 6.45) is 1.33. The number of carbonyl (C=O) groups is 1. The van der Waals surface area contributed by atoms with Crippen molar-refractivity contribution in [3.8, 4) is 12.1 Å². The average Bonchev–Trinajstić information content (AvgIpc) is 2.46. The lowest BCUT2D eigenvalue weighted by Gasteiger charge is -2.20. The minimum atomic E-state index is -0.301. The van der Waals surface area contributed by atoms with E-state index in [2.05, 4.69) is 0 Å². The van der Waals surface area contributed by atoms with Gasteiger partial charge in [-0.15, -0.1) is 0 Å². The van der Waals surface area contributed by atoms with Crippen LogP contribution in [0.5, 0.6) is 0 Å². The largest absolute Gasteiger partial charge is 0.341 e. The second kappa shape index (κ2) is 8.66. The summed E-state index contributed by atoms with van der Waals surface area (Å²) in [6.45, 7) is 0.695. The van der Waals surface area contributed by atoms with Crippen molar-refractivity contribution in [1.82, 2.24) is 4.90 Å². The van der Waals surface area contributed by atoms with Crippen LogP contribution in [0.4, 0.5) is 4.39 Å². The van der Waals surface area contributed by atoms with Crippen molar-refractivity contribution in [2.75, 3.05) is 13.1 Å². The molecular formula is C15H16FN3O. The monoisotopic (exact) mass is 273 g/mol. The molecule has 1 amide bonds. The van der Waals surface area contributed by atoms with Crippen LogP contribution in [0.1, 0.15) is 24.8 Å². The van der Waals surface area contributed by atoms with Crippen molar-refractivity contribution < 1.29 is 9.18 Å². The smallest absolute Gasteiger partial charge is 0.222 e. The molecule has 1 aromatic carbocycles. The molecule has 0 aromatic heterocycles. The van der Waals surface area contributed by atoms with Gasteiger partial charge in [0, 0.05) is 19.5 Å². The van der Waals surface area contributed by atoms with Crippen LogP contribution in [0.25, 0.3) is 0 Å². The highest BCUT2D eigenvalue weighted by molar-refractivity contribution is 5.76. The molecule has 0 atom stereocenters. The summed E-state index contributed by atoms with van der Waals surface area (Å²) in [7, 11) is 0. The van der Waals surface area contributed by atoms with Crippen LogP contribution in [-0.4, -0.2) is 23.9 Å². The molecule has 0 spiro atoms. The summed E-state index contributed by atoms with van der Waals surface area (Å²) in [5.41, 5.74) is 0.889. The maximum Gasteiger partial charge on any atom is 0.222 e. The number of rotatable bonds is 7. The first-order valence-electron chi connectivity index (χ1n) is 6.43. The lowest BCUT2D eigenvalue weighted by molar-refractivity contribution is -0.131. The molecule has 4 nitrogen and oxygen atoms in total. The molecule has 1 aromatic rings. The Morgan fingerprint density at radius 2 is 1.65 bits per heavy atom. The fraction of sp³-hybridized carbons (Fsp3) is 0.400. The summed E-state index contributed by atoms with van der Waals surface area (Å²) in [6, 6.07) is 10.0. The molecule has 0 radical (unpaired) electrons. The van der Waals surface area contributed by atoms with Crippen molar-refractivity contribution in [1.29, 1.82) is 10.5 Å². The van der Waals surface area contributed by atoms with Crippen molar-refractivity contribution in [2.24, 2.45) is 0 Å². The predicted octanol–water partition coefficient (Wildman–Crippen LogP) is 2.41. The van der Waals surface area contributed by atoms with Gasteiger partial charge in [0.2, 0.25) is 5.91 Å². The van der Waals surface area contributed by atoms with Gasteiger partial charge < -0.3 is 4.90 Å².